The third-order valence-corrected chi connectivity index (χ3v) is 5.13. The van der Waals surface area contributed by atoms with E-state index in [-0.39, 0.29) is 12.5 Å². The molecule has 0 radical (unpaired) electrons. The molecule has 0 spiro atoms. The second-order valence-corrected chi connectivity index (χ2v) is 6.90. The number of ether oxygens (including phenoxy) is 1. The monoisotopic (exact) mass is 367 g/mol. The second-order valence-electron chi connectivity index (χ2n) is 6.90. The number of anilines is 2. The van der Waals surface area contributed by atoms with Gasteiger partial charge in [0.05, 0.1) is 0 Å². The van der Waals surface area contributed by atoms with Crippen molar-refractivity contribution >= 4 is 17.5 Å². The van der Waals surface area contributed by atoms with Gasteiger partial charge in [-0.1, -0.05) is 18.2 Å². The first-order valence-electron chi connectivity index (χ1n) is 9.57. The first-order chi connectivity index (χ1) is 13.3. The minimum Gasteiger partial charge on any atom is -0.484 e. The average Bonchev–Trinajstić information content (AvgIpc) is 3.28. The topological polar surface area (TPSA) is 61.8 Å². The molecule has 2 fully saturated rings. The number of carbonyl (C=O) groups is 1. The fourth-order valence-electron chi connectivity index (χ4n) is 3.57. The zero-order valence-electron chi connectivity index (χ0n) is 15.5. The Labute approximate surface area is 159 Å². The number of amides is 1. The lowest BCUT2D eigenvalue weighted by Gasteiger charge is -2.35. The van der Waals surface area contributed by atoms with Crippen molar-refractivity contribution in [1.29, 1.82) is 0 Å². The molecule has 0 atom stereocenters. The van der Waals surface area contributed by atoms with Crippen molar-refractivity contribution < 1.29 is 9.53 Å². The van der Waals surface area contributed by atoms with Gasteiger partial charge in [-0.3, -0.25) is 4.79 Å². The number of piperazine rings is 1. The largest absolute Gasteiger partial charge is 0.484 e. The molecule has 142 valence electrons. The van der Waals surface area contributed by atoms with Crippen LogP contribution in [0, 0.1) is 0 Å². The number of benzene rings is 1. The standard InChI is InChI=1S/C20H25N5O2/c26-20(15-27-17-6-2-1-3-7-17)25-12-10-24(11-13-25)19-14-18(21-16-22-19)23-8-4-5-9-23/h1-3,6-7,14,16H,4-5,8-13,15H2. The summed E-state index contributed by atoms with van der Waals surface area (Å²) in [4.78, 5) is 27.7. The summed E-state index contributed by atoms with van der Waals surface area (Å²) in [5, 5.41) is 0. The van der Waals surface area contributed by atoms with Gasteiger partial charge in [0.15, 0.2) is 6.61 Å². The zero-order chi connectivity index (χ0) is 18.5. The number of rotatable bonds is 5. The van der Waals surface area contributed by atoms with Gasteiger partial charge in [0.1, 0.15) is 23.7 Å². The lowest BCUT2D eigenvalue weighted by atomic mass is 10.3. The number of carbonyl (C=O) groups excluding carboxylic acids is 1. The predicted molar refractivity (Wildman–Crippen MR) is 104 cm³/mol. The Bertz CT molecular complexity index is 756. The fraction of sp³-hybridized carbons (Fsp3) is 0.450. The molecule has 2 aliphatic heterocycles. The third-order valence-electron chi connectivity index (χ3n) is 5.13. The van der Waals surface area contributed by atoms with E-state index >= 15 is 0 Å². The fourth-order valence-corrected chi connectivity index (χ4v) is 3.57. The van der Waals surface area contributed by atoms with Crippen molar-refractivity contribution in [3.8, 4) is 5.75 Å². The molecule has 0 saturated carbocycles. The summed E-state index contributed by atoms with van der Waals surface area (Å²) in [5.74, 6) is 2.70. The first-order valence-corrected chi connectivity index (χ1v) is 9.57. The normalized spacial score (nSPS) is 17.3. The number of hydrogen-bond donors (Lipinski definition) is 0. The molecule has 0 aliphatic carbocycles. The van der Waals surface area contributed by atoms with Gasteiger partial charge in [-0.15, -0.1) is 0 Å². The molecule has 4 rings (SSSR count). The number of aromatic nitrogens is 2. The summed E-state index contributed by atoms with van der Waals surface area (Å²) in [6, 6.07) is 11.5. The molecule has 7 heteroatoms. The van der Waals surface area contributed by atoms with Crippen LogP contribution >= 0.6 is 0 Å². The maximum atomic E-state index is 12.4. The van der Waals surface area contributed by atoms with Crippen molar-refractivity contribution in [3.63, 3.8) is 0 Å². The Morgan fingerprint density at radius 3 is 2.19 bits per heavy atom. The molecule has 0 N–H and O–H groups in total. The molecule has 7 nitrogen and oxygen atoms in total. The third kappa shape index (κ3) is 4.30. The van der Waals surface area contributed by atoms with E-state index in [9.17, 15) is 4.79 Å². The highest BCUT2D eigenvalue weighted by Crippen LogP contribution is 2.22. The van der Waals surface area contributed by atoms with Gasteiger partial charge in [-0.25, -0.2) is 9.97 Å². The Kier molecular flexibility index (Phi) is 5.37. The molecule has 1 aromatic heterocycles. The lowest BCUT2D eigenvalue weighted by Crippen LogP contribution is -2.50. The van der Waals surface area contributed by atoms with Crippen LogP contribution in [0.1, 0.15) is 12.8 Å². The molecule has 27 heavy (non-hydrogen) atoms. The van der Waals surface area contributed by atoms with Gasteiger partial charge in [0.25, 0.3) is 5.91 Å². The molecule has 1 aromatic carbocycles. The van der Waals surface area contributed by atoms with Crippen molar-refractivity contribution in [2.24, 2.45) is 0 Å². The molecular formula is C20H25N5O2. The van der Waals surface area contributed by atoms with Gasteiger partial charge in [-0.05, 0) is 25.0 Å². The van der Waals surface area contributed by atoms with Crippen molar-refractivity contribution in [1.82, 2.24) is 14.9 Å². The van der Waals surface area contributed by atoms with Crippen LogP contribution in [-0.2, 0) is 4.79 Å². The van der Waals surface area contributed by atoms with Gasteiger partial charge >= 0.3 is 0 Å². The van der Waals surface area contributed by atoms with Crippen LogP contribution in [-0.4, -0.2) is 66.7 Å². The smallest absolute Gasteiger partial charge is 0.260 e. The van der Waals surface area contributed by atoms with Crippen LogP contribution in [0.15, 0.2) is 42.7 Å². The Morgan fingerprint density at radius 1 is 0.889 bits per heavy atom. The minimum atomic E-state index is 0.0268. The van der Waals surface area contributed by atoms with Crippen LogP contribution < -0.4 is 14.5 Å². The van der Waals surface area contributed by atoms with Gasteiger partial charge in [-0.2, -0.15) is 0 Å². The van der Waals surface area contributed by atoms with Gasteiger partial charge < -0.3 is 19.4 Å². The predicted octanol–water partition coefficient (Wildman–Crippen LogP) is 1.80. The maximum Gasteiger partial charge on any atom is 0.260 e. The van der Waals surface area contributed by atoms with Crippen LogP contribution in [0.3, 0.4) is 0 Å². The van der Waals surface area contributed by atoms with Gasteiger partial charge in [0, 0.05) is 45.3 Å². The van der Waals surface area contributed by atoms with E-state index in [0.29, 0.717) is 13.1 Å². The van der Waals surface area contributed by atoms with E-state index in [1.54, 1.807) is 6.33 Å². The summed E-state index contributed by atoms with van der Waals surface area (Å²) < 4.78 is 5.57. The van der Waals surface area contributed by atoms with Crippen LogP contribution in [0.5, 0.6) is 5.75 Å². The van der Waals surface area contributed by atoms with Crippen LogP contribution in [0.4, 0.5) is 11.6 Å². The molecule has 2 aromatic rings. The summed E-state index contributed by atoms with van der Waals surface area (Å²) in [6.45, 7) is 5.12. The van der Waals surface area contributed by atoms with Crippen molar-refractivity contribution in [3.05, 3.63) is 42.7 Å². The van der Waals surface area contributed by atoms with Crippen LogP contribution in [0.2, 0.25) is 0 Å². The number of nitrogens with zero attached hydrogens (tertiary/aromatic N) is 5. The molecular weight excluding hydrogens is 342 g/mol. The molecule has 1 amide bonds. The molecule has 2 aliphatic rings. The minimum absolute atomic E-state index is 0.0268. The molecule has 0 unspecified atom stereocenters. The SMILES string of the molecule is O=C(COc1ccccc1)N1CCN(c2cc(N3CCCC3)ncn2)CC1. The van der Waals surface area contributed by atoms with Gasteiger partial charge in [0.2, 0.25) is 0 Å². The van der Waals surface area contributed by atoms with Crippen molar-refractivity contribution in [2.45, 2.75) is 12.8 Å². The Balaban J connectivity index is 1.29. The highest BCUT2D eigenvalue weighted by Gasteiger charge is 2.23. The Hall–Kier alpha value is -2.83. The quantitative estimate of drug-likeness (QED) is 0.803. The summed E-state index contributed by atoms with van der Waals surface area (Å²) >= 11 is 0. The lowest BCUT2D eigenvalue weighted by molar-refractivity contribution is -0.133. The highest BCUT2D eigenvalue weighted by atomic mass is 16.5. The van der Waals surface area contributed by atoms with E-state index in [4.69, 9.17) is 4.74 Å². The average molecular weight is 367 g/mol. The van der Waals surface area contributed by atoms with E-state index in [2.05, 4.69) is 25.8 Å². The highest BCUT2D eigenvalue weighted by molar-refractivity contribution is 5.78. The summed E-state index contributed by atoms with van der Waals surface area (Å²) in [5.41, 5.74) is 0. The van der Waals surface area contributed by atoms with E-state index in [1.807, 2.05) is 35.2 Å². The second kappa shape index (κ2) is 8.24. The number of para-hydroxylation sites is 1. The Morgan fingerprint density at radius 2 is 1.52 bits per heavy atom. The molecule has 0 bridgehead atoms. The molecule has 2 saturated heterocycles. The van der Waals surface area contributed by atoms with Crippen molar-refractivity contribution in [2.75, 3.05) is 55.7 Å². The zero-order valence-corrected chi connectivity index (χ0v) is 15.5. The van der Waals surface area contributed by atoms with Crippen LogP contribution in [0.25, 0.3) is 0 Å². The summed E-state index contributed by atoms with van der Waals surface area (Å²) in [7, 11) is 0. The summed E-state index contributed by atoms with van der Waals surface area (Å²) in [6.07, 6.45) is 4.10. The van der Waals surface area contributed by atoms with E-state index in [1.165, 1.54) is 12.8 Å². The number of hydrogen-bond acceptors (Lipinski definition) is 6. The maximum absolute atomic E-state index is 12.4. The van der Waals surface area contributed by atoms with E-state index in [0.717, 1.165) is 43.6 Å². The van der Waals surface area contributed by atoms with E-state index < -0.39 is 0 Å². The first kappa shape index (κ1) is 17.6. The molecule has 3 heterocycles.